The van der Waals surface area contributed by atoms with Crippen LogP contribution in [-0.2, 0) is 28.6 Å². The monoisotopic (exact) mass is 1120 g/mol. The van der Waals surface area contributed by atoms with Crippen LogP contribution in [0.15, 0.2) is 134 Å². The van der Waals surface area contributed by atoms with Crippen LogP contribution >= 0.6 is 0 Å². The second-order valence-corrected chi connectivity index (χ2v) is 22.0. The van der Waals surface area contributed by atoms with Crippen molar-refractivity contribution >= 4 is 17.9 Å². The Labute approximate surface area is 500 Å². The Hall–Kier alpha value is -4.45. The third-order valence-electron chi connectivity index (χ3n) is 14.1. The molecule has 0 saturated carbocycles. The summed E-state index contributed by atoms with van der Waals surface area (Å²) in [4.78, 5) is 38.4. The van der Waals surface area contributed by atoms with Crippen LogP contribution in [0.5, 0.6) is 0 Å². The summed E-state index contributed by atoms with van der Waals surface area (Å²) in [7, 11) is 0. The maximum Gasteiger partial charge on any atom is 0.306 e. The van der Waals surface area contributed by atoms with E-state index in [0.29, 0.717) is 19.3 Å². The molecule has 0 amide bonds. The Morgan fingerprint density at radius 3 is 0.753 bits per heavy atom. The number of unbranched alkanes of at least 4 members (excludes halogenated alkanes) is 27. The summed E-state index contributed by atoms with van der Waals surface area (Å²) < 4.78 is 16.9. The van der Waals surface area contributed by atoms with Gasteiger partial charge in [-0.2, -0.15) is 0 Å². The lowest BCUT2D eigenvalue weighted by Gasteiger charge is -2.18. The molecule has 0 rings (SSSR count). The molecule has 6 heteroatoms. The highest BCUT2D eigenvalue weighted by Crippen LogP contribution is 2.16. The van der Waals surface area contributed by atoms with Gasteiger partial charge in [0.2, 0.25) is 0 Å². The van der Waals surface area contributed by atoms with E-state index in [1.165, 1.54) is 109 Å². The van der Waals surface area contributed by atoms with Crippen molar-refractivity contribution in [3.8, 4) is 0 Å². The van der Waals surface area contributed by atoms with Gasteiger partial charge in [-0.15, -0.1) is 0 Å². The van der Waals surface area contributed by atoms with E-state index >= 15 is 0 Å². The molecule has 0 aliphatic rings. The van der Waals surface area contributed by atoms with Gasteiger partial charge in [0.25, 0.3) is 0 Å². The van der Waals surface area contributed by atoms with E-state index in [4.69, 9.17) is 14.2 Å². The first-order valence-electron chi connectivity index (χ1n) is 33.7. The van der Waals surface area contributed by atoms with E-state index in [0.717, 1.165) is 154 Å². The van der Waals surface area contributed by atoms with Gasteiger partial charge in [-0.1, -0.05) is 283 Å². The molecule has 0 fully saturated rings. The van der Waals surface area contributed by atoms with Crippen molar-refractivity contribution in [1.82, 2.24) is 0 Å². The molecule has 0 aliphatic heterocycles. The van der Waals surface area contributed by atoms with Gasteiger partial charge in [0, 0.05) is 19.3 Å². The average molecular weight is 1120 g/mol. The van der Waals surface area contributed by atoms with Crippen LogP contribution in [0.25, 0.3) is 0 Å². The molecule has 81 heavy (non-hydrogen) atoms. The van der Waals surface area contributed by atoms with Gasteiger partial charge in [0.1, 0.15) is 13.2 Å². The van der Waals surface area contributed by atoms with Crippen LogP contribution in [-0.4, -0.2) is 37.2 Å². The lowest BCUT2D eigenvalue weighted by atomic mass is 10.0. The van der Waals surface area contributed by atoms with Gasteiger partial charge in [0.05, 0.1) is 0 Å². The second-order valence-electron chi connectivity index (χ2n) is 22.0. The van der Waals surface area contributed by atoms with Crippen molar-refractivity contribution < 1.29 is 28.6 Å². The van der Waals surface area contributed by atoms with E-state index < -0.39 is 6.10 Å². The van der Waals surface area contributed by atoms with E-state index in [2.05, 4.69) is 154 Å². The summed E-state index contributed by atoms with van der Waals surface area (Å²) in [6.45, 7) is 6.39. The summed E-state index contributed by atoms with van der Waals surface area (Å²) in [5, 5.41) is 0. The zero-order chi connectivity index (χ0) is 58.5. The SMILES string of the molecule is CC/C=C\C/C=C\C/C=C\C/C=C\C/C=C\CCCCCCCCCCCCCC(=O)OCC(COC(=O)CCCCCCC/C=C\C/C=C\C/C=C\CC)OC(=O)CCCCCCCC/C=C\C/C=C\C/C=C\CCCCCCC. The number of carbonyl (C=O) groups excluding carboxylic acids is 3. The molecule has 1 atom stereocenters. The van der Waals surface area contributed by atoms with E-state index in [1.807, 2.05) is 0 Å². The first-order valence-corrected chi connectivity index (χ1v) is 33.7. The highest BCUT2D eigenvalue weighted by atomic mass is 16.6. The first kappa shape index (κ1) is 76.5. The van der Waals surface area contributed by atoms with Crippen LogP contribution in [0.1, 0.15) is 303 Å². The predicted octanol–water partition coefficient (Wildman–Crippen LogP) is 23.3. The van der Waals surface area contributed by atoms with Crippen molar-refractivity contribution in [2.24, 2.45) is 0 Å². The number of hydrogen-bond donors (Lipinski definition) is 0. The Morgan fingerprint density at radius 2 is 0.481 bits per heavy atom. The second kappa shape index (κ2) is 68.1. The van der Waals surface area contributed by atoms with Crippen LogP contribution in [0.3, 0.4) is 0 Å². The number of allylic oxidation sites excluding steroid dienone is 22. The van der Waals surface area contributed by atoms with Gasteiger partial charge >= 0.3 is 17.9 Å². The minimum absolute atomic E-state index is 0.0936. The lowest BCUT2D eigenvalue weighted by molar-refractivity contribution is -0.167. The first-order chi connectivity index (χ1) is 40.0. The van der Waals surface area contributed by atoms with Gasteiger partial charge in [-0.25, -0.2) is 0 Å². The molecule has 6 nitrogen and oxygen atoms in total. The Balaban J connectivity index is 4.39. The minimum Gasteiger partial charge on any atom is -0.462 e. The van der Waals surface area contributed by atoms with Crippen molar-refractivity contribution in [1.29, 1.82) is 0 Å². The number of hydrogen-bond acceptors (Lipinski definition) is 6. The molecule has 0 heterocycles. The molecule has 0 aromatic carbocycles. The molecule has 0 saturated heterocycles. The zero-order valence-electron chi connectivity index (χ0n) is 52.8. The van der Waals surface area contributed by atoms with Gasteiger partial charge in [0.15, 0.2) is 6.10 Å². The molecule has 0 N–H and O–H groups in total. The fraction of sp³-hybridized carbons (Fsp3) is 0.667. The summed E-state index contributed by atoms with van der Waals surface area (Å²) >= 11 is 0. The van der Waals surface area contributed by atoms with E-state index in [9.17, 15) is 14.4 Å². The average Bonchev–Trinajstić information content (AvgIpc) is 3.47. The molecule has 0 aliphatic carbocycles. The Kier molecular flexibility index (Phi) is 64.3. The van der Waals surface area contributed by atoms with E-state index in [1.54, 1.807) is 0 Å². The third-order valence-corrected chi connectivity index (χ3v) is 14.1. The predicted molar refractivity (Wildman–Crippen MR) is 353 cm³/mol. The number of rotatable bonds is 60. The maximum absolute atomic E-state index is 12.9. The molecule has 0 radical (unpaired) electrons. The van der Waals surface area contributed by atoms with Crippen molar-refractivity contribution in [3.05, 3.63) is 134 Å². The highest BCUT2D eigenvalue weighted by molar-refractivity contribution is 5.71. The number of carbonyl (C=O) groups is 3. The number of ether oxygens (including phenoxy) is 3. The minimum atomic E-state index is -0.800. The van der Waals surface area contributed by atoms with E-state index in [-0.39, 0.29) is 31.1 Å². The van der Waals surface area contributed by atoms with Crippen LogP contribution in [0.2, 0.25) is 0 Å². The summed E-state index contributed by atoms with van der Waals surface area (Å²) in [5.41, 5.74) is 0. The van der Waals surface area contributed by atoms with Crippen molar-refractivity contribution in [2.75, 3.05) is 13.2 Å². The van der Waals surface area contributed by atoms with Gasteiger partial charge < -0.3 is 14.2 Å². The quantitative estimate of drug-likeness (QED) is 0.0261. The molecule has 460 valence electrons. The molecule has 0 bridgehead atoms. The molecule has 0 spiro atoms. The Morgan fingerprint density at radius 1 is 0.259 bits per heavy atom. The van der Waals surface area contributed by atoms with Crippen molar-refractivity contribution in [3.63, 3.8) is 0 Å². The van der Waals surface area contributed by atoms with Gasteiger partial charge in [-0.05, 0) is 135 Å². The highest BCUT2D eigenvalue weighted by Gasteiger charge is 2.19. The maximum atomic E-state index is 12.9. The molecular formula is C75H124O6. The van der Waals surface area contributed by atoms with Gasteiger partial charge in [-0.3, -0.25) is 14.4 Å². The largest absolute Gasteiger partial charge is 0.462 e. The molecule has 1 unspecified atom stereocenters. The van der Waals surface area contributed by atoms with Crippen LogP contribution < -0.4 is 0 Å². The van der Waals surface area contributed by atoms with Crippen LogP contribution in [0.4, 0.5) is 0 Å². The normalized spacial score (nSPS) is 13.0. The zero-order valence-corrected chi connectivity index (χ0v) is 52.8. The summed E-state index contributed by atoms with van der Waals surface area (Å²) in [5.74, 6) is -0.921. The lowest BCUT2D eigenvalue weighted by Crippen LogP contribution is -2.30. The van der Waals surface area contributed by atoms with Crippen LogP contribution in [0, 0.1) is 0 Å². The smallest absolute Gasteiger partial charge is 0.306 e. The molecule has 0 aromatic heterocycles. The summed E-state index contributed by atoms with van der Waals surface area (Å²) in [6.07, 6.45) is 96.0. The third kappa shape index (κ3) is 66.2. The fourth-order valence-electron chi connectivity index (χ4n) is 9.14. The fourth-order valence-corrected chi connectivity index (χ4v) is 9.14. The summed E-state index contributed by atoms with van der Waals surface area (Å²) in [6, 6.07) is 0. The topological polar surface area (TPSA) is 78.9 Å². The van der Waals surface area contributed by atoms with Crippen molar-refractivity contribution in [2.45, 2.75) is 309 Å². The standard InChI is InChI=1S/C75H124O6/c1-4-7-10-13-16-19-22-25-28-30-32-34-35-36-37-38-39-41-42-44-47-50-53-56-59-62-65-68-74(77)80-71-72(70-79-73(76)67-64-61-58-55-52-49-46-27-24-21-18-15-12-9-6-3)81-75(78)69-66-63-60-57-54-51-48-45-43-40-33-31-29-26-23-20-17-14-11-8-5-2/h7,9-10,12,16,18-19,21,23,25-28,31-34,36-37,43,45-46,72H,4-6,8,11,13-15,17,20,22,24,29-30,35,38-42,44,47-71H2,1-3H3/b10-7-,12-9-,19-16-,21-18-,26-23-,28-25-,33-31-,34-32-,37-36-,45-43-,46-27-. The molecular weight excluding hydrogens is 997 g/mol. The Bertz CT molecular complexity index is 1720. The molecule has 0 aromatic rings. The number of esters is 3.